The molecule has 6 heteroatoms. The molecule has 0 bridgehead atoms. The molecule has 0 unspecified atom stereocenters. The maximum absolute atomic E-state index is 11.6. The first-order chi connectivity index (χ1) is 9.50. The SMILES string of the molecule is CC[C@@H]1CN(S(C)(=O)=O)CC[C@H]1NCc1ccncc1. The van der Waals surface area contributed by atoms with Crippen molar-refractivity contribution in [3.05, 3.63) is 30.1 Å². The highest BCUT2D eigenvalue weighted by molar-refractivity contribution is 7.88. The van der Waals surface area contributed by atoms with E-state index in [1.165, 1.54) is 11.8 Å². The van der Waals surface area contributed by atoms with Crippen LogP contribution in [0.5, 0.6) is 0 Å². The largest absolute Gasteiger partial charge is 0.310 e. The fraction of sp³-hybridized carbons (Fsp3) is 0.643. The quantitative estimate of drug-likeness (QED) is 0.888. The minimum absolute atomic E-state index is 0.375. The molecule has 1 fully saturated rings. The summed E-state index contributed by atoms with van der Waals surface area (Å²) >= 11 is 0. The molecule has 0 amide bonds. The molecule has 0 radical (unpaired) electrons. The number of rotatable bonds is 5. The predicted octanol–water partition coefficient (Wildman–Crippen LogP) is 1.23. The van der Waals surface area contributed by atoms with Gasteiger partial charge in [0.2, 0.25) is 10.0 Å². The van der Waals surface area contributed by atoms with E-state index in [1.807, 2.05) is 12.1 Å². The van der Waals surface area contributed by atoms with E-state index in [9.17, 15) is 8.42 Å². The third kappa shape index (κ3) is 4.01. The molecule has 1 aromatic heterocycles. The van der Waals surface area contributed by atoms with Crippen LogP contribution in [0.3, 0.4) is 0 Å². The van der Waals surface area contributed by atoms with E-state index in [0.29, 0.717) is 25.0 Å². The van der Waals surface area contributed by atoms with E-state index >= 15 is 0 Å². The number of hydrogen-bond acceptors (Lipinski definition) is 4. The van der Waals surface area contributed by atoms with Crippen LogP contribution in [0.15, 0.2) is 24.5 Å². The molecule has 1 aliphatic rings. The number of pyridine rings is 1. The van der Waals surface area contributed by atoms with E-state index in [4.69, 9.17) is 0 Å². The first-order valence-corrected chi connectivity index (χ1v) is 8.93. The van der Waals surface area contributed by atoms with Gasteiger partial charge in [-0.05, 0) is 30.0 Å². The zero-order valence-corrected chi connectivity index (χ0v) is 12.9. The van der Waals surface area contributed by atoms with E-state index in [-0.39, 0.29) is 0 Å². The lowest BCUT2D eigenvalue weighted by molar-refractivity contribution is 0.202. The number of piperidine rings is 1. The van der Waals surface area contributed by atoms with Crippen molar-refractivity contribution in [2.75, 3.05) is 19.3 Å². The molecule has 1 N–H and O–H groups in total. The number of hydrogen-bond donors (Lipinski definition) is 1. The maximum Gasteiger partial charge on any atom is 0.211 e. The van der Waals surface area contributed by atoms with Gasteiger partial charge < -0.3 is 5.32 Å². The lowest BCUT2D eigenvalue weighted by atomic mass is 9.91. The molecule has 0 saturated carbocycles. The fourth-order valence-electron chi connectivity index (χ4n) is 2.73. The van der Waals surface area contributed by atoms with Crippen molar-refractivity contribution in [2.45, 2.75) is 32.4 Å². The maximum atomic E-state index is 11.6. The molecule has 1 aliphatic heterocycles. The Morgan fingerprint density at radius 3 is 2.70 bits per heavy atom. The van der Waals surface area contributed by atoms with Gasteiger partial charge in [0.25, 0.3) is 0 Å². The summed E-state index contributed by atoms with van der Waals surface area (Å²) in [6.45, 7) is 4.17. The number of aromatic nitrogens is 1. The van der Waals surface area contributed by atoms with Crippen molar-refractivity contribution in [2.24, 2.45) is 5.92 Å². The van der Waals surface area contributed by atoms with Crippen LogP contribution in [0.4, 0.5) is 0 Å². The Kier molecular flexibility index (Phi) is 5.12. The summed E-state index contributed by atoms with van der Waals surface area (Å²) in [4.78, 5) is 4.01. The Labute approximate surface area is 121 Å². The van der Waals surface area contributed by atoms with E-state index < -0.39 is 10.0 Å². The standard InChI is InChI=1S/C14H23N3O2S/c1-3-13-11-17(20(2,18)19)9-6-14(13)16-10-12-4-7-15-8-5-12/h4-5,7-8,13-14,16H,3,6,9-11H2,1-2H3/t13-,14-/m1/s1. The zero-order valence-electron chi connectivity index (χ0n) is 12.1. The Bertz CT molecular complexity index is 518. The lowest BCUT2D eigenvalue weighted by Crippen LogP contribution is -2.50. The van der Waals surface area contributed by atoms with E-state index in [0.717, 1.165) is 19.4 Å². The highest BCUT2D eigenvalue weighted by atomic mass is 32.2. The molecule has 1 aromatic rings. The van der Waals surface area contributed by atoms with Gasteiger partial charge >= 0.3 is 0 Å². The summed E-state index contributed by atoms with van der Waals surface area (Å²) in [5.74, 6) is 0.375. The third-order valence-electron chi connectivity index (χ3n) is 4.01. The van der Waals surface area contributed by atoms with Gasteiger partial charge in [-0.3, -0.25) is 4.98 Å². The third-order valence-corrected chi connectivity index (χ3v) is 5.28. The average molecular weight is 297 g/mol. The van der Waals surface area contributed by atoms with Crippen LogP contribution in [-0.2, 0) is 16.6 Å². The summed E-state index contributed by atoms with van der Waals surface area (Å²) in [5.41, 5.74) is 1.21. The first-order valence-electron chi connectivity index (χ1n) is 7.08. The van der Waals surface area contributed by atoms with Crippen LogP contribution in [0.1, 0.15) is 25.3 Å². The highest BCUT2D eigenvalue weighted by Crippen LogP contribution is 2.22. The van der Waals surface area contributed by atoms with Gasteiger partial charge in [0.05, 0.1) is 6.26 Å². The molecule has 0 aliphatic carbocycles. The number of nitrogens with one attached hydrogen (secondary N) is 1. The van der Waals surface area contributed by atoms with Gasteiger partial charge in [-0.25, -0.2) is 12.7 Å². The summed E-state index contributed by atoms with van der Waals surface area (Å²) in [6.07, 6.45) is 6.74. The van der Waals surface area contributed by atoms with Crippen molar-refractivity contribution in [3.63, 3.8) is 0 Å². The normalized spacial score (nSPS) is 24.7. The van der Waals surface area contributed by atoms with Crippen LogP contribution in [0.2, 0.25) is 0 Å². The molecule has 5 nitrogen and oxygen atoms in total. The summed E-state index contributed by atoms with van der Waals surface area (Å²) in [5, 5.41) is 3.56. The van der Waals surface area contributed by atoms with Crippen LogP contribution < -0.4 is 5.32 Å². The van der Waals surface area contributed by atoms with Gasteiger partial charge in [0.15, 0.2) is 0 Å². The van der Waals surface area contributed by atoms with Gasteiger partial charge in [-0.15, -0.1) is 0 Å². The molecule has 112 valence electrons. The van der Waals surface area contributed by atoms with Crippen molar-refractivity contribution < 1.29 is 8.42 Å². The van der Waals surface area contributed by atoms with Crippen LogP contribution in [-0.4, -0.2) is 43.1 Å². The van der Waals surface area contributed by atoms with Gasteiger partial charge in [0.1, 0.15) is 0 Å². The zero-order chi connectivity index (χ0) is 14.6. The van der Waals surface area contributed by atoms with Crippen LogP contribution in [0, 0.1) is 5.92 Å². The molecule has 2 rings (SSSR count). The molecule has 20 heavy (non-hydrogen) atoms. The fourth-order valence-corrected chi connectivity index (χ4v) is 3.63. The Morgan fingerprint density at radius 1 is 1.40 bits per heavy atom. The highest BCUT2D eigenvalue weighted by Gasteiger charge is 2.31. The molecule has 2 heterocycles. The van der Waals surface area contributed by atoms with Crippen molar-refractivity contribution in [1.82, 2.24) is 14.6 Å². The lowest BCUT2D eigenvalue weighted by Gasteiger charge is -2.37. The second-order valence-electron chi connectivity index (χ2n) is 5.42. The van der Waals surface area contributed by atoms with Gasteiger partial charge in [-0.1, -0.05) is 13.3 Å². The second-order valence-corrected chi connectivity index (χ2v) is 7.40. The van der Waals surface area contributed by atoms with Crippen LogP contribution in [0.25, 0.3) is 0 Å². The smallest absolute Gasteiger partial charge is 0.211 e. The van der Waals surface area contributed by atoms with Crippen molar-refractivity contribution >= 4 is 10.0 Å². The van der Waals surface area contributed by atoms with Gasteiger partial charge in [-0.2, -0.15) is 0 Å². The molecule has 0 aromatic carbocycles. The number of nitrogens with zero attached hydrogens (tertiary/aromatic N) is 2. The monoisotopic (exact) mass is 297 g/mol. The van der Waals surface area contributed by atoms with E-state index in [2.05, 4.69) is 17.2 Å². The van der Waals surface area contributed by atoms with Crippen molar-refractivity contribution in [1.29, 1.82) is 0 Å². The molecular weight excluding hydrogens is 274 g/mol. The van der Waals surface area contributed by atoms with E-state index in [1.54, 1.807) is 16.7 Å². The number of sulfonamides is 1. The Balaban J connectivity index is 1.93. The van der Waals surface area contributed by atoms with Gasteiger partial charge in [0, 0.05) is 38.1 Å². The molecular formula is C14H23N3O2S. The Morgan fingerprint density at radius 2 is 2.10 bits per heavy atom. The molecule has 1 saturated heterocycles. The predicted molar refractivity (Wildman–Crippen MR) is 79.7 cm³/mol. The minimum atomic E-state index is -3.06. The van der Waals surface area contributed by atoms with Crippen molar-refractivity contribution in [3.8, 4) is 0 Å². The topological polar surface area (TPSA) is 62.3 Å². The summed E-state index contributed by atoms with van der Waals surface area (Å²) in [7, 11) is -3.06. The molecule has 0 spiro atoms. The second kappa shape index (κ2) is 6.65. The first kappa shape index (κ1) is 15.4. The van der Waals surface area contributed by atoms with Crippen LogP contribution >= 0.6 is 0 Å². The summed E-state index contributed by atoms with van der Waals surface area (Å²) < 4.78 is 24.9. The molecule has 2 atom stereocenters. The Hall–Kier alpha value is -0.980. The average Bonchev–Trinajstić information content (AvgIpc) is 2.45. The minimum Gasteiger partial charge on any atom is -0.310 e. The summed E-state index contributed by atoms with van der Waals surface area (Å²) in [6, 6.07) is 4.38.